The van der Waals surface area contributed by atoms with Gasteiger partial charge in [-0.15, -0.1) is 0 Å². The standard InChI is InChI=1S/C12H14N2O6/c1-6-9(11(17)13-19-6)5-14-12(18)8(7(2)20-14)3-4-10(15)16/h3-5H2,1-2H3,(H,13,17)(H,15,16). The Bertz CT molecular complexity index is 745. The number of carbonyl (C=O) groups is 1. The predicted molar refractivity (Wildman–Crippen MR) is 66.8 cm³/mol. The van der Waals surface area contributed by atoms with E-state index in [1.165, 1.54) is 0 Å². The minimum absolute atomic E-state index is 0.0512. The molecular formula is C12H14N2O6. The predicted octanol–water partition coefficient (Wildman–Crippen LogP) is 0.405. The first-order valence-electron chi connectivity index (χ1n) is 5.98. The Labute approximate surface area is 112 Å². The van der Waals surface area contributed by atoms with Gasteiger partial charge in [0.05, 0.1) is 17.7 Å². The van der Waals surface area contributed by atoms with Crippen molar-refractivity contribution in [3.63, 3.8) is 0 Å². The van der Waals surface area contributed by atoms with E-state index in [1.807, 2.05) is 0 Å². The number of nitrogens with zero attached hydrogens (tertiary/aromatic N) is 1. The molecule has 0 unspecified atom stereocenters. The van der Waals surface area contributed by atoms with Crippen molar-refractivity contribution < 1.29 is 18.9 Å². The van der Waals surface area contributed by atoms with Crippen LogP contribution in [0.15, 0.2) is 18.6 Å². The molecule has 2 rings (SSSR count). The van der Waals surface area contributed by atoms with Gasteiger partial charge in [0.15, 0.2) is 0 Å². The van der Waals surface area contributed by atoms with Crippen LogP contribution in [0, 0.1) is 13.8 Å². The SMILES string of the molecule is Cc1o[nH]c(=O)c1Cn1oc(C)c(CCC(=O)O)c1=O. The average molecular weight is 282 g/mol. The van der Waals surface area contributed by atoms with Gasteiger partial charge in [-0.2, -0.15) is 9.90 Å². The summed E-state index contributed by atoms with van der Waals surface area (Å²) in [7, 11) is 0. The Morgan fingerprint density at radius 3 is 2.50 bits per heavy atom. The summed E-state index contributed by atoms with van der Waals surface area (Å²) in [6.45, 7) is 3.13. The number of aliphatic carboxylic acids is 1. The van der Waals surface area contributed by atoms with Gasteiger partial charge in [0.2, 0.25) is 0 Å². The van der Waals surface area contributed by atoms with Gasteiger partial charge in [-0.1, -0.05) is 0 Å². The van der Waals surface area contributed by atoms with E-state index in [0.29, 0.717) is 22.6 Å². The second-order valence-electron chi connectivity index (χ2n) is 4.43. The lowest BCUT2D eigenvalue weighted by molar-refractivity contribution is -0.136. The first kappa shape index (κ1) is 13.9. The van der Waals surface area contributed by atoms with Crippen LogP contribution in [0.5, 0.6) is 0 Å². The van der Waals surface area contributed by atoms with Crippen LogP contribution in [0.1, 0.15) is 29.1 Å². The zero-order valence-corrected chi connectivity index (χ0v) is 11.1. The van der Waals surface area contributed by atoms with E-state index in [9.17, 15) is 14.4 Å². The van der Waals surface area contributed by atoms with Crippen LogP contribution in [0.25, 0.3) is 0 Å². The molecule has 0 bridgehead atoms. The van der Waals surface area contributed by atoms with E-state index in [2.05, 4.69) is 5.16 Å². The molecule has 8 heteroatoms. The smallest absolute Gasteiger partial charge is 0.303 e. The number of nitrogens with one attached hydrogen (secondary N) is 1. The summed E-state index contributed by atoms with van der Waals surface area (Å²) in [6, 6.07) is 0. The van der Waals surface area contributed by atoms with Gasteiger partial charge >= 0.3 is 5.97 Å². The van der Waals surface area contributed by atoms with E-state index in [-0.39, 0.29) is 19.4 Å². The summed E-state index contributed by atoms with van der Waals surface area (Å²) in [4.78, 5) is 34.1. The monoisotopic (exact) mass is 282 g/mol. The second kappa shape index (κ2) is 5.24. The van der Waals surface area contributed by atoms with E-state index < -0.39 is 17.1 Å². The Balaban J connectivity index is 2.31. The molecule has 0 spiro atoms. The summed E-state index contributed by atoms with van der Waals surface area (Å²) in [6.07, 6.45) is -0.0574. The molecule has 0 fully saturated rings. The Kier molecular flexibility index (Phi) is 3.64. The molecule has 2 heterocycles. The van der Waals surface area contributed by atoms with Crippen LogP contribution < -0.4 is 11.1 Å². The lowest BCUT2D eigenvalue weighted by Gasteiger charge is -1.96. The molecule has 0 aliphatic carbocycles. The highest BCUT2D eigenvalue weighted by Gasteiger charge is 2.18. The van der Waals surface area contributed by atoms with Crippen molar-refractivity contribution in [2.75, 3.05) is 0 Å². The van der Waals surface area contributed by atoms with E-state index in [1.54, 1.807) is 13.8 Å². The summed E-state index contributed by atoms with van der Waals surface area (Å²) >= 11 is 0. The molecular weight excluding hydrogens is 268 g/mol. The van der Waals surface area contributed by atoms with Crippen molar-refractivity contribution in [3.8, 4) is 0 Å². The highest BCUT2D eigenvalue weighted by Crippen LogP contribution is 2.09. The van der Waals surface area contributed by atoms with Crippen LogP contribution >= 0.6 is 0 Å². The van der Waals surface area contributed by atoms with E-state index >= 15 is 0 Å². The molecule has 0 amide bonds. The van der Waals surface area contributed by atoms with Crippen molar-refractivity contribution in [3.05, 3.63) is 43.4 Å². The molecule has 0 saturated carbocycles. The Morgan fingerprint density at radius 1 is 1.25 bits per heavy atom. The van der Waals surface area contributed by atoms with Gasteiger partial charge in [-0.05, 0) is 20.3 Å². The minimum atomic E-state index is -0.987. The van der Waals surface area contributed by atoms with Gasteiger partial charge in [0, 0.05) is 6.42 Å². The zero-order chi connectivity index (χ0) is 14.9. The molecule has 2 N–H and O–H groups in total. The van der Waals surface area contributed by atoms with Crippen molar-refractivity contribution in [1.29, 1.82) is 0 Å². The molecule has 20 heavy (non-hydrogen) atoms. The maximum Gasteiger partial charge on any atom is 0.303 e. The number of aryl methyl sites for hydroxylation is 2. The van der Waals surface area contributed by atoms with Gasteiger partial charge in [0.25, 0.3) is 11.1 Å². The summed E-state index contributed by atoms with van der Waals surface area (Å²) in [5.41, 5.74) is -0.241. The van der Waals surface area contributed by atoms with Crippen molar-refractivity contribution in [2.45, 2.75) is 33.2 Å². The van der Waals surface area contributed by atoms with Crippen molar-refractivity contribution in [1.82, 2.24) is 9.90 Å². The normalized spacial score (nSPS) is 10.9. The third-order valence-electron chi connectivity index (χ3n) is 3.04. The molecule has 108 valence electrons. The van der Waals surface area contributed by atoms with Crippen molar-refractivity contribution in [2.24, 2.45) is 0 Å². The highest BCUT2D eigenvalue weighted by molar-refractivity contribution is 5.67. The highest BCUT2D eigenvalue weighted by atomic mass is 16.5. The maximum absolute atomic E-state index is 12.1. The van der Waals surface area contributed by atoms with Crippen LogP contribution in [-0.4, -0.2) is 21.0 Å². The summed E-state index contributed by atoms with van der Waals surface area (Å²) in [5.74, 6) is -0.254. The largest absolute Gasteiger partial charge is 0.481 e. The van der Waals surface area contributed by atoms with Crippen LogP contribution in [0.4, 0.5) is 0 Å². The minimum Gasteiger partial charge on any atom is -0.481 e. The molecule has 8 nitrogen and oxygen atoms in total. The fraction of sp³-hybridized carbons (Fsp3) is 0.417. The third kappa shape index (κ3) is 2.58. The number of carboxylic acid groups (broad SMARTS) is 1. The number of rotatable bonds is 5. The Hall–Kier alpha value is -2.51. The molecule has 2 aromatic rings. The second-order valence-corrected chi connectivity index (χ2v) is 4.43. The zero-order valence-electron chi connectivity index (χ0n) is 11.1. The molecule has 0 saturated heterocycles. The molecule has 0 radical (unpaired) electrons. The number of hydrogen-bond donors (Lipinski definition) is 2. The number of aromatic amines is 1. The molecule has 2 aromatic heterocycles. The van der Waals surface area contributed by atoms with E-state index in [0.717, 1.165) is 4.74 Å². The first-order valence-corrected chi connectivity index (χ1v) is 5.98. The third-order valence-corrected chi connectivity index (χ3v) is 3.04. The van der Waals surface area contributed by atoms with E-state index in [4.69, 9.17) is 14.2 Å². The number of H-pyrrole nitrogens is 1. The van der Waals surface area contributed by atoms with Crippen LogP contribution in [0.3, 0.4) is 0 Å². The van der Waals surface area contributed by atoms with Crippen molar-refractivity contribution >= 4 is 5.97 Å². The summed E-state index contributed by atoms with van der Waals surface area (Å²) < 4.78 is 11.2. The lowest BCUT2D eigenvalue weighted by atomic mass is 10.1. The lowest BCUT2D eigenvalue weighted by Crippen LogP contribution is -2.21. The van der Waals surface area contributed by atoms with Crippen LogP contribution in [-0.2, 0) is 17.8 Å². The first-order chi connectivity index (χ1) is 9.40. The quantitative estimate of drug-likeness (QED) is 0.819. The fourth-order valence-electron chi connectivity index (χ4n) is 1.91. The number of aromatic nitrogens is 2. The molecule has 0 aromatic carbocycles. The Morgan fingerprint density at radius 2 is 1.95 bits per heavy atom. The topological polar surface area (TPSA) is 118 Å². The molecule has 0 aliphatic rings. The van der Waals surface area contributed by atoms with Gasteiger partial charge < -0.3 is 14.2 Å². The maximum atomic E-state index is 12.1. The molecule has 0 aliphatic heterocycles. The fourth-order valence-corrected chi connectivity index (χ4v) is 1.91. The average Bonchev–Trinajstić information content (AvgIpc) is 2.82. The van der Waals surface area contributed by atoms with Gasteiger partial charge in [-0.3, -0.25) is 14.4 Å². The number of carboxylic acids is 1. The summed E-state index contributed by atoms with van der Waals surface area (Å²) in [5, 5.41) is 10.8. The van der Waals surface area contributed by atoms with Crippen LogP contribution in [0.2, 0.25) is 0 Å². The van der Waals surface area contributed by atoms with Gasteiger partial charge in [0.1, 0.15) is 11.5 Å². The molecule has 0 atom stereocenters. The number of hydrogen-bond acceptors (Lipinski definition) is 5. The van der Waals surface area contributed by atoms with Gasteiger partial charge in [-0.25, -0.2) is 0 Å².